The summed E-state index contributed by atoms with van der Waals surface area (Å²) in [6.45, 7) is -0.205. The highest BCUT2D eigenvalue weighted by Crippen LogP contribution is 2.29. The number of hydrogen-bond acceptors (Lipinski definition) is 2. The summed E-state index contributed by atoms with van der Waals surface area (Å²) in [5.41, 5.74) is -1.92. The van der Waals surface area contributed by atoms with Crippen LogP contribution in [0.4, 0.5) is 26.3 Å². The van der Waals surface area contributed by atoms with E-state index in [4.69, 9.17) is 0 Å². The van der Waals surface area contributed by atoms with Gasteiger partial charge >= 0.3 is 12.4 Å². The molecule has 1 N–H and O–H groups in total. The summed E-state index contributed by atoms with van der Waals surface area (Å²) in [7, 11) is 0. The zero-order chi connectivity index (χ0) is 18.0. The molecule has 0 bridgehead atoms. The molecule has 9 heteroatoms. The minimum atomic E-state index is -4.62. The van der Waals surface area contributed by atoms with E-state index in [-0.39, 0.29) is 17.7 Å². The van der Waals surface area contributed by atoms with Gasteiger partial charge in [-0.3, -0.25) is 9.78 Å². The summed E-state index contributed by atoms with van der Waals surface area (Å²) in [6.07, 6.45) is -8.37. The van der Waals surface area contributed by atoms with Crippen molar-refractivity contribution in [2.24, 2.45) is 0 Å². The van der Waals surface area contributed by atoms with Crippen LogP contribution in [0.5, 0.6) is 0 Å². The highest BCUT2D eigenvalue weighted by Gasteiger charge is 2.32. The highest BCUT2D eigenvalue weighted by molar-refractivity contribution is 5.93. The Morgan fingerprint density at radius 1 is 1.00 bits per heavy atom. The van der Waals surface area contributed by atoms with E-state index in [0.717, 1.165) is 24.4 Å². The second-order valence-corrected chi connectivity index (χ2v) is 4.81. The Bertz CT molecular complexity index is 722. The number of nitrogens with zero attached hydrogens (tertiary/aromatic N) is 1. The summed E-state index contributed by atoms with van der Waals surface area (Å²) in [5, 5.41) is 2.32. The van der Waals surface area contributed by atoms with Crippen molar-refractivity contribution in [1.82, 2.24) is 10.3 Å². The number of hydrogen-bond donors (Lipinski definition) is 1. The van der Waals surface area contributed by atoms with E-state index in [1.54, 1.807) is 0 Å². The first-order chi connectivity index (χ1) is 11.1. The molecular formula is C15H10F6N2O. The number of pyridine rings is 1. The summed E-state index contributed by atoms with van der Waals surface area (Å²) in [5.74, 6) is -0.742. The van der Waals surface area contributed by atoms with E-state index < -0.39 is 29.5 Å². The van der Waals surface area contributed by atoms with Gasteiger partial charge in [-0.15, -0.1) is 0 Å². The second-order valence-electron chi connectivity index (χ2n) is 4.81. The van der Waals surface area contributed by atoms with Gasteiger partial charge in [0.15, 0.2) is 0 Å². The Balaban J connectivity index is 2.03. The summed E-state index contributed by atoms with van der Waals surface area (Å²) < 4.78 is 74.8. The van der Waals surface area contributed by atoms with Crippen LogP contribution >= 0.6 is 0 Å². The molecule has 0 unspecified atom stereocenters. The maximum atomic E-state index is 12.6. The lowest BCUT2D eigenvalue weighted by Crippen LogP contribution is -2.23. The summed E-state index contributed by atoms with van der Waals surface area (Å²) >= 11 is 0. The molecule has 0 aliphatic rings. The topological polar surface area (TPSA) is 42.0 Å². The standard InChI is InChI=1S/C15H10F6N2O/c16-14(17,18)11-3-1-2-9(6-11)7-23-13(24)10-4-5-12(22-8-10)15(19,20)21/h1-6,8H,7H2,(H,23,24). The molecule has 2 aromatic rings. The lowest BCUT2D eigenvalue weighted by molar-refractivity contribution is -0.141. The normalized spacial score (nSPS) is 12.1. The van der Waals surface area contributed by atoms with Crippen molar-refractivity contribution in [1.29, 1.82) is 0 Å². The van der Waals surface area contributed by atoms with Crippen LogP contribution in [0.1, 0.15) is 27.2 Å². The largest absolute Gasteiger partial charge is 0.433 e. The van der Waals surface area contributed by atoms with Gasteiger partial charge in [0.25, 0.3) is 5.91 Å². The van der Waals surface area contributed by atoms with Crippen LogP contribution in [0.3, 0.4) is 0 Å². The predicted octanol–water partition coefficient (Wildman–Crippen LogP) is 4.05. The van der Waals surface area contributed by atoms with Crippen LogP contribution in [-0.2, 0) is 18.9 Å². The van der Waals surface area contributed by atoms with E-state index in [9.17, 15) is 31.1 Å². The van der Waals surface area contributed by atoms with Gasteiger partial charge in [0, 0.05) is 12.7 Å². The SMILES string of the molecule is O=C(NCc1cccc(C(F)(F)F)c1)c1ccc(C(F)(F)F)nc1. The minimum absolute atomic E-state index is 0.130. The molecule has 0 saturated heterocycles. The van der Waals surface area contributed by atoms with Crippen molar-refractivity contribution in [3.05, 3.63) is 65.0 Å². The average molecular weight is 348 g/mol. The van der Waals surface area contributed by atoms with Gasteiger partial charge in [-0.25, -0.2) is 0 Å². The van der Waals surface area contributed by atoms with Gasteiger partial charge in [0.05, 0.1) is 11.1 Å². The third kappa shape index (κ3) is 4.46. The molecule has 1 aromatic carbocycles. The van der Waals surface area contributed by atoms with E-state index in [1.165, 1.54) is 12.1 Å². The minimum Gasteiger partial charge on any atom is -0.348 e. The maximum absolute atomic E-state index is 12.6. The molecule has 1 amide bonds. The lowest BCUT2D eigenvalue weighted by Gasteiger charge is -2.10. The Morgan fingerprint density at radius 3 is 2.25 bits per heavy atom. The number of rotatable bonds is 3. The highest BCUT2D eigenvalue weighted by atomic mass is 19.4. The molecule has 128 valence electrons. The predicted molar refractivity (Wildman–Crippen MR) is 71.9 cm³/mol. The quantitative estimate of drug-likeness (QED) is 0.851. The van der Waals surface area contributed by atoms with Gasteiger partial charge in [-0.2, -0.15) is 26.3 Å². The van der Waals surface area contributed by atoms with Crippen LogP contribution < -0.4 is 5.32 Å². The van der Waals surface area contributed by atoms with E-state index in [1.807, 2.05) is 0 Å². The van der Waals surface area contributed by atoms with Gasteiger partial charge < -0.3 is 5.32 Å². The fourth-order valence-corrected chi connectivity index (χ4v) is 1.84. The number of alkyl halides is 6. The van der Waals surface area contributed by atoms with Gasteiger partial charge in [-0.05, 0) is 29.8 Å². The molecule has 0 aliphatic heterocycles. The molecule has 0 spiro atoms. The van der Waals surface area contributed by atoms with Crippen LogP contribution in [0.25, 0.3) is 0 Å². The molecule has 24 heavy (non-hydrogen) atoms. The van der Waals surface area contributed by atoms with Crippen molar-refractivity contribution in [2.45, 2.75) is 18.9 Å². The molecule has 0 fully saturated rings. The number of benzene rings is 1. The molecule has 0 radical (unpaired) electrons. The fourth-order valence-electron chi connectivity index (χ4n) is 1.84. The van der Waals surface area contributed by atoms with Crippen molar-refractivity contribution in [3.8, 4) is 0 Å². The second kappa shape index (κ2) is 6.50. The van der Waals surface area contributed by atoms with Crippen molar-refractivity contribution >= 4 is 5.91 Å². The number of amides is 1. The van der Waals surface area contributed by atoms with E-state index in [0.29, 0.717) is 6.07 Å². The lowest BCUT2D eigenvalue weighted by atomic mass is 10.1. The number of nitrogens with one attached hydrogen (secondary N) is 1. The smallest absolute Gasteiger partial charge is 0.348 e. The molecule has 0 saturated carbocycles. The van der Waals surface area contributed by atoms with Crippen LogP contribution in [-0.4, -0.2) is 10.9 Å². The average Bonchev–Trinajstić information content (AvgIpc) is 2.51. The van der Waals surface area contributed by atoms with E-state index >= 15 is 0 Å². The van der Waals surface area contributed by atoms with Crippen LogP contribution in [0, 0.1) is 0 Å². The molecule has 0 atom stereocenters. The summed E-state index contributed by atoms with van der Waals surface area (Å²) in [4.78, 5) is 14.9. The zero-order valence-corrected chi connectivity index (χ0v) is 11.9. The maximum Gasteiger partial charge on any atom is 0.433 e. The first-order valence-corrected chi connectivity index (χ1v) is 6.55. The number of halogens is 6. The van der Waals surface area contributed by atoms with Gasteiger partial charge in [0.1, 0.15) is 5.69 Å². The fraction of sp³-hybridized carbons (Fsp3) is 0.200. The third-order valence-corrected chi connectivity index (χ3v) is 3.02. The first kappa shape index (κ1) is 17.8. The van der Waals surface area contributed by atoms with Crippen LogP contribution in [0.2, 0.25) is 0 Å². The summed E-state index contributed by atoms with van der Waals surface area (Å²) in [6, 6.07) is 5.96. The van der Waals surface area contributed by atoms with Gasteiger partial charge in [-0.1, -0.05) is 12.1 Å². The van der Waals surface area contributed by atoms with Crippen LogP contribution in [0.15, 0.2) is 42.6 Å². The molecular weight excluding hydrogens is 338 g/mol. The Kier molecular flexibility index (Phi) is 4.81. The molecule has 3 nitrogen and oxygen atoms in total. The van der Waals surface area contributed by atoms with E-state index in [2.05, 4.69) is 10.3 Å². The molecule has 2 rings (SSSR count). The van der Waals surface area contributed by atoms with Crippen molar-refractivity contribution < 1.29 is 31.1 Å². The first-order valence-electron chi connectivity index (χ1n) is 6.55. The zero-order valence-electron chi connectivity index (χ0n) is 11.9. The number of aromatic nitrogens is 1. The molecule has 1 heterocycles. The molecule has 0 aliphatic carbocycles. The Morgan fingerprint density at radius 2 is 1.71 bits per heavy atom. The van der Waals surface area contributed by atoms with Crippen molar-refractivity contribution in [2.75, 3.05) is 0 Å². The van der Waals surface area contributed by atoms with Gasteiger partial charge in [0.2, 0.25) is 0 Å². The van der Waals surface area contributed by atoms with Crippen molar-refractivity contribution in [3.63, 3.8) is 0 Å². The Hall–Kier alpha value is -2.58. The number of carbonyl (C=O) groups is 1. The molecule has 1 aromatic heterocycles. The Labute approximate surface area is 132 Å². The third-order valence-electron chi connectivity index (χ3n) is 3.02. The monoisotopic (exact) mass is 348 g/mol. The number of carbonyl (C=O) groups excluding carboxylic acids is 1.